The van der Waals surface area contributed by atoms with Crippen LogP contribution in [0.15, 0.2) is 0 Å². The lowest BCUT2D eigenvalue weighted by Gasteiger charge is -2.35. The lowest BCUT2D eigenvalue weighted by Crippen LogP contribution is -2.43. The first-order valence-electron chi connectivity index (χ1n) is 6.17. The van der Waals surface area contributed by atoms with Gasteiger partial charge >= 0.3 is 0 Å². The van der Waals surface area contributed by atoms with Gasteiger partial charge in [0.2, 0.25) is 0 Å². The summed E-state index contributed by atoms with van der Waals surface area (Å²) in [4.78, 5) is 0. The van der Waals surface area contributed by atoms with Crippen molar-refractivity contribution in [1.29, 1.82) is 0 Å². The van der Waals surface area contributed by atoms with Crippen LogP contribution in [0.1, 0.15) is 39.5 Å². The Hall–Kier alpha value is 0.270. The molecule has 1 aliphatic rings. The van der Waals surface area contributed by atoms with Crippen LogP contribution in [-0.2, 0) is 0 Å². The SMILES string of the molecule is CCSCCNCC1(O)CCC(C)CC1. The first kappa shape index (κ1) is 13.3. The minimum Gasteiger partial charge on any atom is -0.389 e. The van der Waals surface area contributed by atoms with E-state index in [9.17, 15) is 5.11 Å². The highest BCUT2D eigenvalue weighted by Crippen LogP contribution is 2.31. The van der Waals surface area contributed by atoms with Crippen LogP contribution in [0, 0.1) is 5.92 Å². The molecule has 0 spiro atoms. The summed E-state index contributed by atoms with van der Waals surface area (Å²) < 4.78 is 0. The second-order valence-corrected chi connectivity index (χ2v) is 6.17. The molecule has 1 aliphatic carbocycles. The highest BCUT2D eigenvalue weighted by molar-refractivity contribution is 7.99. The maximum atomic E-state index is 10.3. The average Bonchev–Trinajstić information content (AvgIpc) is 2.23. The van der Waals surface area contributed by atoms with Crippen LogP contribution < -0.4 is 5.32 Å². The van der Waals surface area contributed by atoms with Crippen LogP contribution in [0.4, 0.5) is 0 Å². The molecule has 0 saturated heterocycles. The lowest BCUT2D eigenvalue weighted by molar-refractivity contribution is -0.00556. The number of nitrogens with one attached hydrogen (secondary N) is 1. The van der Waals surface area contributed by atoms with Crippen molar-refractivity contribution in [2.75, 3.05) is 24.6 Å². The van der Waals surface area contributed by atoms with Gasteiger partial charge in [-0.3, -0.25) is 0 Å². The van der Waals surface area contributed by atoms with Gasteiger partial charge in [0.05, 0.1) is 5.60 Å². The summed E-state index contributed by atoms with van der Waals surface area (Å²) in [5.41, 5.74) is -0.413. The Bertz CT molecular complexity index is 167. The maximum Gasteiger partial charge on any atom is 0.0771 e. The van der Waals surface area contributed by atoms with Crippen LogP contribution in [-0.4, -0.2) is 35.3 Å². The zero-order valence-electron chi connectivity index (χ0n) is 10.1. The molecule has 0 aromatic heterocycles. The normalized spacial score (nSPS) is 31.8. The number of aliphatic hydroxyl groups is 1. The first-order valence-corrected chi connectivity index (χ1v) is 7.32. The van der Waals surface area contributed by atoms with Crippen molar-refractivity contribution < 1.29 is 5.11 Å². The van der Waals surface area contributed by atoms with Gasteiger partial charge in [0.1, 0.15) is 0 Å². The van der Waals surface area contributed by atoms with E-state index < -0.39 is 5.60 Å². The van der Waals surface area contributed by atoms with Gasteiger partial charge in [-0.25, -0.2) is 0 Å². The Morgan fingerprint density at radius 1 is 1.40 bits per heavy atom. The Kier molecular flexibility index (Phi) is 6.02. The monoisotopic (exact) mass is 231 g/mol. The minimum atomic E-state index is -0.413. The fraction of sp³-hybridized carbons (Fsp3) is 1.00. The van der Waals surface area contributed by atoms with Crippen molar-refractivity contribution in [2.45, 2.75) is 45.1 Å². The first-order chi connectivity index (χ1) is 7.16. The topological polar surface area (TPSA) is 32.3 Å². The Balaban J connectivity index is 2.08. The van der Waals surface area contributed by atoms with Crippen molar-refractivity contribution in [2.24, 2.45) is 5.92 Å². The van der Waals surface area contributed by atoms with E-state index >= 15 is 0 Å². The molecule has 90 valence electrons. The highest BCUT2D eigenvalue weighted by atomic mass is 32.2. The van der Waals surface area contributed by atoms with E-state index in [4.69, 9.17) is 0 Å². The molecule has 1 rings (SSSR count). The lowest BCUT2D eigenvalue weighted by atomic mass is 9.79. The highest BCUT2D eigenvalue weighted by Gasteiger charge is 2.30. The number of rotatable bonds is 6. The van der Waals surface area contributed by atoms with Gasteiger partial charge in [-0.05, 0) is 37.4 Å². The van der Waals surface area contributed by atoms with Crippen LogP contribution in [0.3, 0.4) is 0 Å². The van der Waals surface area contributed by atoms with E-state index in [0.29, 0.717) is 0 Å². The number of thioether (sulfide) groups is 1. The fourth-order valence-corrected chi connectivity index (χ4v) is 2.66. The standard InChI is InChI=1S/C12H25NOS/c1-3-15-9-8-13-10-12(14)6-4-11(2)5-7-12/h11,13-14H,3-10H2,1-2H3. The van der Waals surface area contributed by atoms with Crippen LogP contribution in [0.2, 0.25) is 0 Å². The molecular formula is C12H25NOS. The Morgan fingerprint density at radius 2 is 2.07 bits per heavy atom. The van der Waals surface area contributed by atoms with Gasteiger partial charge in [0.25, 0.3) is 0 Å². The summed E-state index contributed by atoms with van der Waals surface area (Å²) in [6.07, 6.45) is 4.31. The minimum absolute atomic E-state index is 0.413. The molecule has 0 aromatic carbocycles. The van der Waals surface area contributed by atoms with Crippen LogP contribution >= 0.6 is 11.8 Å². The predicted molar refractivity (Wildman–Crippen MR) is 68.5 cm³/mol. The molecule has 0 radical (unpaired) electrons. The van der Waals surface area contributed by atoms with Crippen LogP contribution in [0.5, 0.6) is 0 Å². The summed E-state index contributed by atoms with van der Waals surface area (Å²) in [6, 6.07) is 0. The van der Waals surface area contributed by atoms with Crippen molar-refractivity contribution >= 4 is 11.8 Å². The smallest absolute Gasteiger partial charge is 0.0771 e. The molecule has 1 fully saturated rings. The van der Waals surface area contributed by atoms with Crippen molar-refractivity contribution in [1.82, 2.24) is 5.32 Å². The van der Waals surface area contributed by atoms with Gasteiger partial charge < -0.3 is 10.4 Å². The van der Waals surface area contributed by atoms with Crippen molar-refractivity contribution in [3.05, 3.63) is 0 Å². The molecule has 0 aliphatic heterocycles. The largest absolute Gasteiger partial charge is 0.389 e. The Morgan fingerprint density at radius 3 is 2.67 bits per heavy atom. The van der Waals surface area contributed by atoms with E-state index in [1.807, 2.05) is 11.8 Å². The van der Waals surface area contributed by atoms with Crippen LogP contribution in [0.25, 0.3) is 0 Å². The molecule has 1 saturated carbocycles. The van der Waals surface area contributed by atoms with Crippen molar-refractivity contribution in [3.8, 4) is 0 Å². The zero-order chi connectivity index (χ0) is 11.1. The molecule has 0 amide bonds. The van der Waals surface area contributed by atoms with E-state index in [-0.39, 0.29) is 0 Å². The van der Waals surface area contributed by atoms with E-state index in [1.54, 1.807) is 0 Å². The molecule has 2 N–H and O–H groups in total. The third kappa shape index (κ3) is 5.23. The summed E-state index contributed by atoms with van der Waals surface area (Å²) in [7, 11) is 0. The van der Waals surface area contributed by atoms with Crippen molar-refractivity contribution in [3.63, 3.8) is 0 Å². The second kappa shape index (κ2) is 6.77. The molecule has 0 unspecified atom stereocenters. The summed E-state index contributed by atoms with van der Waals surface area (Å²) in [6.45, 7) is 6.27. The molecule has 2 nitrogen and oxygen atoms in total. The number of hydrogen-bond donors (Lipinski definition) is 2. The second-order valence-electron chi connectivity index (χ2n) is 4.78. The fourth-order valence-electron chi connectivity index (χ4n) is 2.09. The third-order valence-corrected chi connectivity index (χ3v) is 4.19. The van der Waals surface area contributed by atoms with Gasteiger partial charge in [0.15, 0.2) is 0 Å². The van der Waals surface area contributed by atoms with Gasteiger partial charge in [-0.1, -0.05) is 13.8 Å². The summed E-state index contributed by atoms with van der Waals surface area (Å²) in [5, 5.41) is 13.7. The van der Waals surface area contributed by atoms with E-state index in [1.165, 1.54) is 18.6 Å². The van der Waals surface area contributed by atoms with E-state index in [2.05, 4.69) is 19.2 Å². The molecule has 0 aromatic rings. The van der Waals surface area contributed by atoms with Gasteiger partial charge in [-0.15, -0.1) is 0 Å². The third-order valence-electron chi connectivity index (χ3n) is 3.29. The number of hydrogen-bond acceptors (Lipinski definition) is 3. The average molecular weight is 231 g/mol. The van der Waals surface area contributed by atoms with Gasteiger partial charge in [0, 0.05) is 18.8 Å². The molecule has 0 heterocycles. The van der Waals surface area contributed by atoms with Gasteiger partial charge in [-0.2, -0.15) is 11.8 Å². The summed E-state index contributed by atoms with van der Waals surface area (Å²) in [5.74, 6) is 3.15. The predicted octanol–water partition coefficient (Wildman–Crippen LogP) is 2.27. The maximum absolute atomic E-state index is 10.3. The summed E-state index contributed by atoms with van der Waals surface area (Å²) >= 11 is 1.95. The molecule has 3 heteroatoms. The Labute approximate surface area is 98.2 Å². The zero-order valence-corrected chi connectivity index (χ0v) is 10.9. The molecule has 0 atom stereocenters. The quantitative estimate of drug-likeness (QED) is 0.688. The molecular weight excluding hydrogens is 206 g/mol. The van der Waals surface area contributed by atoms with E-state index in [0.717, 1.165) is 37.6 Å². The molecule has 0 bridgehead atoms. The molecule has 15 heavy (non-hydrogen) atoms.